The molecule has 0 fully saturated rings. The lowest BCUT2D eigenvalue weighted by Gasteiger charge is -2.07. The third kappa shape index (κ3) is 3.29. The Bertz CT molecular complexity index is 608. The van der Waals surface area contributed by atoms with Gasteiger partial charge in [-0.25, -0.2) is 0 Å². The van der Waals surface area contributed by atoms with E-state index in [0.717, 1.165) is 11.4 Å². The van der Waals surface area contributed by atoms with Gasteiger partial charge in [-0.05, 0) is 31.2 Å². The molecule has 0 bridgehead atoms. The van der Waals surface area contributed by atoms with Gasteiger partial charge in [0.15, 0.2) is 11.5 Å². The first-order valence-corrected chi connectivity index (χ1v) is 6.37. The highest BCUT2D eigenvalue weighted by atomic mass is 16.5. The number of benzene rings is 2. The average Bonchev–Trinajstić information content (AvgIpc) is 2.48. The van der Waals surface area contributed by atoms with Gasteiger partial charge in [-0.1, -0.05) is 12.1 Å². The van der Waals surface area contributed by atoms with Crippen molar-refractivity contribution in [2.45, 2.75) is 6.92 Å². The predicted octanol–water partition coefficient (Wildman–Crippen LogP) is 3.55. The number of aliphatic imine (C=N–C) groups is 1. The van der Waals surface area contributed by atoms with E-state index in [0.29, 0.717) is 17.9 Å². The Hall–Kier alpha value is -2.49. The summed E-state index contributed by atoms with van der Waals surface area (Å²) in [6.07, 6.45) is 1.60. The normalized spacial score (nSPS) is 10.7. The second-order valence-corrected chi connectivity index (χ2v) is 4.09. The highest BCUT2D eigenvalue weighted by Gasteiger charge is 2.05. The predicted molar refractivity (Wildman–Crippen MR) is 79.5 cm³/mol. The summed E-state index contributed by atoms with van der Waals surface area (Å²) in [7, 11) is 1.61. The fourth-order valence-electron chi connectivity index (χ4n) is 1.75. The zero-order valence-electron chi connectivity index (χ0n) is 11.5. The fraction of sp³-hybridized carbons (Fsp3) is 0.188. The maximum atomic E-state index is 10.1. The maximum absolute atomic E-state index is 10.1. The molecule has 2 rings (SSSR count). The molecule has 2 aromatic carbocycles. The molecule has 1 N–H and O–H groups in total. The molecule has 2 aromatic rings. The van der Waals surface area contributed by atoms with Crippen LogP contribution in [0.1, 0.15) is 12.5 Å². The quantitative estimate of drug-likeness (QED) is 0.846. The second kappa shape index (κ2) is 6.61. The number of methoxy groups -OCH3 is 1. The molecule has 0 amide bonds. The van der Waals surface area contributed by atoms with Crippen LogP contribution >= 0.6 is 0 Å². The molecule has 20 heavy (non-hydrogen) atoms. The zero-order valence-corrected chi connectivity index (χ0v) is 11.5. The number of rotatable bonds is 5. The summed E-state index contributed by atoms with van der Waals surface area (Å²) in [5.74, 6) is 1.30. The summed E-state index contributed by atoms with van der Waals surface area (Å²) in [6.45, 7) is 2.38. The van der Waals surface area contributed by atoms with Crippen molar-refractivity contribution < 1.29 is 14.6 Å². The molecular weight excluding hydrogens is 254 g/mol. The first-order valence-electron chi connectivity index (χ1n) is 6.37. The molecule has 0 spiro atoms. The Morgan fingerprint density at radius 2 is 2.00 bits per heavy atom. The minimum Gasteiger partial charge on any atom is -0.504 e. The van der Waals surface area contributed by atoms with E-state index in [2.05, 4.69) is 4.99 Å². The van der Waals surface area contributed by atoms with Crippen molar-refractivity contribution in [2.75, 3.05) is 13.7 Å². The molecule has 0 unspecified atom stereocenters. The van der Waals surface area contributed by atoms with Gasteiger partial charge < -0.3 is 14.6 Å². The Kier molecular flexibility index (Phi) is 4.60. The largest absolute Gasteiger partial charge is 0.504 e. The van der Waals surface area contributed by atoms with Gasteiger partial charge in [0, 0.05) is 17.8 Å². The van der Waals surface area contributed by atoms with Gasteiger partial charge in [0.05, 0.1) is 19.4 Å². The van der Waals surface area contributed by atoms with Crippen LogP contribution in [-0.4, -0.2) is 25.0 Å². The number of para-hydroxylation sites is 1. The smallest absolute Gasteiger partial charge is 0.166 e. The first kappa shape index (κ1) is 13.9. The first-order chi connectivity index (χ1) is 9.74. The van der Waals surface area contributed by atoms with E-state index < -0.39 is 0 Å². The molecule has 4 heteroatoms. The standard InChI is InChI=1S/C16H17NO3/c1-3-20-15-9-4-6-12(16(15)18)11-17-13-7-5-8-14(10-13)19-2/h4-11,18H,3H2,1-2H3. The van der Waals surface area contributed by atoms with Crippen molar-refractivity contribution in [1.29, 1.82) is 0 Å². The summed E-state index contributed by atoms with van der Waals surface area (Å²) in [6, 6.07) is 12.7. The maximum Gasteiger partial charge on any atom is 0.166 e. The Balaban J connectivity index is 2.24. The van der Waals surface area contributed by atoms with Crippen LogP contribution in [-0.2, 0) is 0 Å². The summed E-state index contributed by atoms with van der Waals surface area (Å²) in [4.78, 5) is 4.33. The topological polar surface area (TPSA) is 51.0 Å². The van der Waals surface area contributed by atoms with Crippen molar-refractivity contribution >= 4 is 11.9 Å². The molecule has 0 aromatic heterocycles. The molecule has 0 aliphatic carbocycles. The van der Waals surface area contributed by atoms with Crippen molar-refractivity contribution in [3.8, 4) is 17.2 Å². The van der Waals surface area contributed by atoms with Gasteiger partial charge in [-0.15, -0.1) is 0 Å². The van der Waals surface area contributed by atoms with E-state index in [9.17, 15) is 5.11 Å². The number of ether oxygens (including phenoxy) is 2. The van der Waals surface area contributed by atoms with Crippen LogP contribution in [0, 0.1) is 0 Å². The van der Waals surface area contributed by atoms with Crippen LogP contribution in [0.4, 0.5) is 5.69 Å². The van der Waals surface area contributed by atoms with Crippen LogP contribution in [0.5, 0.6) is 17.2 Å². The fourth-order valence-corrected chi connectivity index (χ4v) is 1.75. The van der Waals surface area contributed by atoms with E-state index in [1.54, 1.807) is 25.5 Å². The lowest BCUT2D eigenvalue weighted by atomic mass is 10.2. The van der Waals surface area contributed by atoms with Gasteiger partial charge in [0.25, 0.3) is 0 Å². The van der Waals surface area contributed by atoms with Gasteiger partial charge in [-0.2, -0.15) is 0 Å². The van der Waals surface area contributed by atoms with Crippen LogP contribution in [0.25, 0.3) is 0 Å². The number of phenolic OH excluding ortho intramolecular Hbond substituents is 1. The molecule has 4 nitrogen and oxygen atoms in total. The summed E-state index contributed by atoms with van der Waals surface area (Å²) >= 11 is 0. The lowest BCUT2D eigenvalue weighted by molar-refractivity contribution is 0.318. The number of aromatic hydroxyl groups is 1. The third-order valence-electron chi connectivity index (χ3n) is 2.74. The minimum absolute atomic E-state index is 0.0981. The van der Waals surface area contributed by atoms with E-state index >= 15 is 0 Å². The molecule has 0 aliphatic heterocycles. The van der Waals surface area contributed by atoms with Crippen molar-refractivity contribution in [1.82, 2.24) is 0 Å². The Morgan fingerprint density at radius 3 is 2.75 bits per heavy atom. The van der Waals surface area contributed by atoms with E-state index in [-0.39, 0.29) is 5.75 Å². The molecule has 0 atom stereocenters. The lowest BCUT2D eigenvalue weighted by Crippen LogP contribution is -1.93. The molecule has 0 saturated carbocycles. The summed E-state index contributed by atoms with van der Waals surface area (Å²) < 4.78 is 10.5. The second-order valence-electron chi connectivity index (χ2n) is 4.09. The number of phenols is 1. The highest BCUT2D eigenvalue weighted by Crippen LogP contribution is 2.29. The van der Waals surface area contributed by atoms with Gasteiger partial charge in [-0.3, -0.25) is 4.99 Å². The van der Waals surface area contributed by atoms with Crippen LogP contribution in [0.3, 0.4) is 0 Å². The molecule has 0 heterocycles. The van der Waals surface area contributed by atoms with Gasteiger partial charge in [0.2, 0.25) is 0 Å². The number of nitrogens with zero attached hydrogens (tertiary/aromatic N) is 1. The van der Waals surface area contributed by atoms with Crippen molar-refractivity contribution in [3.63, 3.8) is 0 Å². The number of hydrogen-bond acceptors (Lipinski definition) is 4. The molecule has 0 radical (unpaired) electrons. The van der Waals surface area contributed by atoms with E-state index in [1.165, 1.54) is 0 Å². The van der Waals surface area contributed by atoms with Crippen molar-refractivity contribution in [2.24, 2.45) is 4.99 Å². The van der Waals surface area contributed by atoms with Crippen LogP contribution < -0.4 is 9.47 Å². The van der Waals surface area contributed by atoms with Crippen LogP contribution in [0.15, 0.2) is 47.5 Å². The Labute approximate surface area is 118 Å². The molecule has 0 aliphatic rings. The summed E-state index contributed by atoms with van der Waals surface area (Å²) in [5.41, 5.74) is 1.37. The third-order valence-corrected chi connectivity index (χ3v) is 2.74. The van der Waals surface area contributed by atoms with Crippen LogP contribution in [0.2, 0.25) is 0 Å². The average molecular weight is 271 g/mol. The zero-order chi connectivity index (χ0) is 14.4. The van der Waals surface area contributed by atoms with E-state index in [4.69, 9.17) is 9.47 Å². The van der Waals surface area contributed by atoms with Crippen molar-refractivity contribution in [3.05, 3.63) is 48.0 Å². The minimum atomic E-state index is 0.0981. The monoisotopic (exact) mass is 271 g/mol. The van der Waals surface area contributed by atoms with E-state index in [1.807, 2.05) is 37.3 Å². The Morgan fingerprint density at radius 1 is 1.20 bits per heavy atom. The molecule has 104 valence electrons. The molecule has 0 saturated heterocycles. The molecular formula is C16H17NO3. The highest BCUT2D eigenvalue weighted by molar-refractivity contribution is 5.86. The van der Waals surface area contributed by atoms with Gasteiger partial charge >= 0.3 is 0 Å². The summed E-state index contributed by atoms with van der Waals surface area (Å²) in [5, 5.41) is 10.1. The number of hydrogen-bond donors (Lipinski definition) is 1. The van der Waals surface area contributed by atoms with Gasteiger partial charge in [0.1, 0.15) is 5.75 Å². The SMILES string of the molecule is CCOc1cccc(C=Nc2cccc(OC)c2)c1O.